The van der Waals surface area contributed by atoms with Crippen LogP contribution in [0.4, 0.5) is 0 Å². The van der Waals surface area contributed by atoms with Gasteiger partial charge in [0.15, 0.2) is 0 Å². The Morgan fingerprint density at radius 1 is 1.41 bits per heavy atom. The van der Waals surface area contributed by atoms with Crippen molar-refractivity contribution in [3.05, 3.63) is 0 Å². The van der Waals surface area contributed by atoms with Crippen molar-refractivity contribution in [1.29, 1.82) is 0 Å². The highest BCUT2D eigenvalue weighted by molar-refractivity contribution is 4.94. The van der Waals surface area contributed by atoms with Crippen LogP contribution < -0.4 is 5.32 Å². The van der Waals surface area contributed by atoms with Crippen LogP contribution in [0.25, 0.3) is 0 Å². The maximum Gasteiger partial charge on any atom is 0.0278 e. The fourth-order valence-corrected chi connectivity index (χ4v) is 2.34. The molecule has 0 amide bonds. The molecule has 1 heterocycles. The average Bonchev–Trinajstić information content (AvgIpc) is 2.23. The Labute approximate surface area is 108 Å². The molecule has 17 heavy (non-hydrogen) atoms. The molecule has 0 aromatic rings. The zero-order valence-electron chi connectivity index (χ0n) is 12.9. The Kier molecular flexibility index (Phi) is 4.65. The molecular formula is C15H32N2. The summed E-state index contributed by atoms with van der Waals surface area (Å²) in [5.41, 5.74) is 0.708. The van der Waals surface area contributed by atoms with Crippen molar-refractivity contribution in [3.63, 3.8) is 0 Å². The first-order chi connectivity index (χ1) is 7.70. The molecule has 1 fully saturated rings. The first-order valence-electron chi connectivity index (χ1n) is 7.19. The summed E-state index contributed by atoms with van der Waals surface area (Å²) in [6.07, 6.45) is 1.21. The van der Waals surface area contributed by atoms with Gasteiger partial charge in [0.25, 0.3) is 0 Å². The van der Waals surface area contributed by atoms with Crippen molar-refractivity contribution in [2.75, 3.05) is 19.6 Å². The van der Waals surface area contributed by atoms with Crippen LogP contribution in [0.5, 0.6) is 0 Å². The highest BCUT2D eigenvalue weighted by atomic mass is 15.2. The Bertz CT molecular complexity index is 247. The van der Waals surface area contributed by atoms with E-state index in [1.165, 1.54) is 19.5 Å². The van der Waals surface area contributed by atoms with Gasteiger partial charge in [-0.05, 0) is 31.6 Å². The van der Waals surface area contributed by atoms with Gasteiger partial charge in [0.05, 0.1) is 0 Å². The van der Waals surface area contributed by atoms with E-state index in [1.54, 1.807) is 0 Å². The highest BCUT2D eigenvalue weighted by Crippen LogP contribution is 2.30. The summed E-state index contributed by atoms with van der Waals surface area (Å²) in [6, 6.07) is 0.660. The van der Waals surface area contributed by atoms with E-state index in [0.717, 1.165) is 12.5 Å². The number of hydrogen-bond acceptors (Lipinski definition) is 2. The van der Waals surface area contributed by atoms with Crippen molar-refractivity contribution in [3.8, 4) is 0 Å². The Morgan fingerprint density at radius 2 is 2.00 bits per heavy atom. The lowest BCUT2D eigenvalue weighted by Gasteiger charge is -2.48. The van der Waals surface area contributed by atoms with Crippen molar-refractivity contribution in [1.82, 2.24) is 10.2 Å². The molecule has 1 saturated heterocycles. The third-order valence-electron chi connectivity index (χ3n) is 4.95. The van der Waals surface area contributed by atoms with Gasteiger partial charge in [-0.25, -0.2) is 0 Å². The number of nitrogens with zero attached hydrogens (tertiary/aromatic N) is 1. The summed E-state index contributed by atoms with van der Waals surface area (Å²) < 4.78 is 0. The van der Waals surface area contributed by atoms with Gasteiger partial charge in [-0.15, -0.1) is 0 Å². The van der Waals surface area contributed by atoms with Crippen LogP contribution in [0.3, 0.4) is 0 Å². The Morgan fingerprint density at radius 3 is 2.47 bits per heavy atom. The lowest BCUT2D eigenvalue weighted by atomic mass is 9.79. The van der Waals surface area contributed by atoms with Crippen LogP contribution in [0.15, 0.2) is 0 Å². The summed E-state index contributed by atoms with van der Waals surface area (Å²) in [4.78, 5) is 2.68. The fourth-order valence-electron chi connectivity index (χ4n) is 2.34. The second-order valence-electron chi connectivity index (χ2n) is 7.19. The van der Waals surface area contributed by atoms with E-state index >= 15 is 0 Å². The Hall–Kier alpha value is -0.0800. The van der Waals surface area contributed by atoms with E-state index in [-0.39, 0.29) is 0 Å². The summed E-state index contributed by atoms with van der Waals surface area (Å²) >= 11 is 0. The van der Waals surface area contributed by atoms with Gasteiger partial charge >= 0.3 is 0 Å². The monoisotopic (exact) mass is 240 g/mol. The molecule has 0 aliphatic carbocycles. The summed E-state index contributed by atoms with van der Waals surface area (Å²) in [6.45, 7) is 20.0. The standard InChI is InChI=1S/C15H32N2/c1-8-15(7)11-17(13(4)9-16-15)10-14(5,6)12(2)3/h12-13,16H,8-11H2,1-7H3. The Balaban J connectivity index is 2.68. The predicted octanol–water partition coefficient (Wildman–Crippen LogP) is 3.13. The third-order valence-corrected chi connectivity index (χ3v) is 4.95. The molecule has 0 bridgehead atoms. The fraction of sp³-hybridized carbons (Fsp3) is 1.00. The molecule has 0 aromatic carbocycles. The van der Waals surface area contributed by atoms with Crippen molar-refractivity contribution in [2.45, 2.75) is 66.5 Å². The maximum absolute atomic E-state index is 3.70. The molecule has 1 aliphatic heterocycles. The normalized spacial score (nSPS) is 32.1. The van der Waals surface area contributed by atoms with Gasteiger partial charge in [0.1, 0.15) is 0 Å². The van der Waals surface area contributed by atoms with Crippen molar-refractivity contribution < 1.29 is 0 Å². The van der Waals surface area contributed by atoms with E-state index in [9.17, 15) is 0 Å². The van der Waals surface area contributed by atoms with E-state index in [1.807, 2.05) is 0 Å². The number of piperazine rings is 1. The smallest absolute Gasteiger partial charge is 0.0278 e. The second kappa shape index (κ2) is 5.27. The highest BCUT2D eigenvalue weighted by Gasteiger charge is 2.35. The predicted molar refractivity (Wildman–Crippen MR) is 76.4 cm³/mol. The lowest BCUT2D eigenvalue weighted by molar-refractivity contribution is 0.0433. The van der Waals surface area contributed by atoms with Gasteiger partial charge in [0, 0.05) is 31.2 Å². The van der Waals surface area contributed by atoms with Crippen molar-refractivity contribution >= 4 is 0 Å². The molecule has 1 rings (SSSR count). The first-order valence-corrected chi connectivity index (χ1v) is 7.19. The molecule has 0 spiro atoms. The summed E-state index contributed by atoms with van der Waals surface area (Å²) in [5, 5.41) is 3.70. The largest absolute Gasteiger partial charge is 0.309 e. The van der Waals surface area contributed by atoms with Gasteiger partial charge < -0.3 is 5.32 Å². The molecule has 0 radical (unpaired) electrons. The number of nitrogens with one attached hydrogen (secondary N) is 1. The van der Waals surface area contributed by atoms with Crippen LogP contribution in [-0.2, 0) is 0 Å². The molecule has 2 unspecified atom stereocenters. The van der Waals surface area contributed by atoms with Crippen LogP contribution in [0, 0.1) is 11.3 Å². The SMILES string of the molecule is CCC1(C)CN(CC(C)(C)C(C)C)C(C)CN1. The second-order valence-corrected chi connectivity index (χ2v) is 7.19. The number of hydrogen-bond donors (Lipinski definition) is 1. The van der Waals surface area contributed by atoms with E-state index in [0.29, 0.717) is 17.0 Å². The van der Waals surface area contributed by atoms with Gasteiger partial charge in [0.2, 0.25) is 0 Å². The summed E-state index contributed by atoms with van der Waals surface area (Å²) in [5.74, 6) is 0.734. The van der Waals surface area contributed by atoms with E-state index < -0.39 is 0 Å². The van der Waals surface area contributed by atoms with Gasteiger partial charge in [-0.1, -0.05) is 34.6 Å². The molecule has 2 atom stereocenters. The van der Waals surface area contributed by atoms with Gasteiger partial charge in [-0.2, -0.15) is 0 Å². The molecular weight excluding hydrogens is 208 g/mol. The molecule has 2 heteroatoms. The third kappa shape index (κ3) is 3.69. The molecule has 0 saturated carbocycles. The topological polar surface area (TPSA) is 15.3 Å². The number of rotatable bonds is 4. The first kappa shape index (κ1) is 15.0. The van der Waals surface area contributed by atoms with Crippen LogP contribution in [0.2, 0.25) is 0 Å². The maximum atomic E-state index is 3.70. The quantitative estimate of drug-likeness (QED) is 0.812. The van der Waals surface area contributed by atoms with Crippen LogP contribution in [-0.4, -0.2) is 36.1 Å². The minimum absolute atomic E-state index is 0.305. The van der Waals surface area contributed by atoms with E-state index in [2.05, 4.69) is 58.7 Å². The van der Waals surface area contributed by atoms with E-state index in [4.69, 9.17) is 0 Å². The minimum Gasteiger partial charge on any atom is -0.309 e. The average molecular weight is 240 g/mol. The zero-order chi connectivity index (χ0) is 13.3. The lowest BCUT2D eigenvalue weighted by Crippen LogP contribution is -2.63. The molecule has 102 valence electrons. The van der Waals surface area contributed by atoms with Gasteiger partial charge in [-0.3, -0.25) is 4.90 Å². The van der Waals surface area contributed by atoms with Crippen LogP contribution >= 0.6 is 0 Å². The minimum atomic E-state index is 0.305. The molecule has 1 aliphatic rings. The molecule has 2 nitrogen and oxygen atoms in total. The van der Waals surface area contributed by atoms with Crippen LogP contribution in [0.1, 0.15) is 54.9 Å². The molecule has 1 N–H and O–H groups in total. The van der Waals surface area contributed by atoms with Crippen molar-refractivity contribution in [2.24, 2.45) is 11.3 Å². The zero-order valence-corrected chi connectivity index (χ0v) is 12.9. The molecule has 0 aromatic heterocycles. The summed E-state index contributed by atoms with van der Waals surface area (Å²) in [7, 11) is 0.